The Bertz CT molecular complexity index is 758. The normalized spacial score (nSPS) is 10.2. The maximum atomic E-state index is 12.1. The average Bonchev–Trinajstić information content (AvgIpc) is 2.41. The van der Waals surface area contributed by atoms with Gasteiger partial charge in [-0.3, -0.25) is 10.1 Å². The Hall–Kier alpha value is -0.410. The first-order chi connectivity index (χ1) is 10.4. The second-order valence-electron chi connectivity index (χ2n) is 4.16. The van der Waals surface area contributed by atoms with Gasteiger partial charge in [0.1, 0.15) is 0 Å². The van der Waals surface area contributed by atoms with Crippen LogP contribution in [0.1, 0.15) is 10.4 Å². The maximum absolute atomic E-state index is 12.1. The van der Waals surface area contributed by atoms with Crippen LogP contribution < -0.4 is 10.6 Å². The highest BCUT2D eigenvalue weighted by Crippen LogP contribution is 2.23. The van der Waals surface area contributed by atoms with E-state index in [1.165, 1.54) is 6.07 Å². The zero-order chi connectivity index (χ0) is 16.3. The zero-order valence-electron chi connectivity index (χ0n) is 10.8. The number of amides is 1. The van der Waals surface area contributed by atoms with Gasteiger partial charge in [0.25, 0.3) is 5.91 Å². The molecular weight excluding hydrogens is 522 g/mol. The lowest BCUT2D eigenvalue weighted by Crippen LogP contribution is -2.34. The third-order valence-corrected chi connectivity index (χ3v) is 4.72. The van der Waals surface area contributed by atoms with Crippen molar-refractivity contribution in [3.05, 3.63) is 60.0 Å². The van der Waals surface area contributed by atoms with E-state index >= 15 is 0 Å². The fourth-order valence-corrected chi connectivity index (χ4v) is 3.72. The number of carbonyl (C=O) groups is 1. The van der Waals surface area contributed by atoms with Crippen LogP contribution in [0.25, 0.3) is 0 Å². The minimum absolute atomic E-state index is 0.191. The summed E-state index contributed by atoms with van der Waals surface area (Å²) in [6, 6.07) is 10.3. The molecule has 114 valence electrons. The van der Waals surface area contributed by atoms with Crippen LogP contribution in [0, 0.1) is 3.57 Å². The molecule has 0 unspecified atom stereocenters. The highest BCUT2D eigenvalue weighted by Gasteiger charge is 2.13. The number of anilines is 1. The molecule has 0 atom stereocenters. The smallest absolute Gasteiger partial charge is 0.258 e. The van der Waals surface area contributed by atoms with Crippen molar-refractivity contribution in [2.24, 2.45) is 0 Å². The van der Waals surface area contributed by atoms with Gasteiger partial charge in [-0.15, -0.1) is 0 Å². The Morgan fingerprint density at radius 3 is 2.55 bits per heavy atom. The van der Waals surface area contributed by atoms with Gasteiger partial charge < -0.3 is 5.32 Å². The molecule has 0 aliphatic carbocycles. The summed E-state index contributed by atoms with van der Waals surface area (Å²) in [7, 11) is 0. The largest absolute Gasteiger partial charge is 0.332 e. The molecule has 0 aromatic heterocycles. The third kappa shape index (κ3) is 4.79. The summed E-state index contributed by atoms with van der Waals surface area (Å²) in [6.45, 7) is 0. The van der Waals surface area contributed by atoms with Crippen molar-refractivity contribution in [1.82, 2.24) is 5.32 Å². The number of hydrogen-bond donors (Lipinski definition) is 2. The maximum Gasteiger partial charge on any atom is 0.258 e. The summed E-state index contributed by atoms with van der Waals surface area (Å²) in [5.41, 5.74) is 1.11. The molecule has 0 saturated heterocycles. The first-order valence-corrected chi connectivity index (χ1v) is 8.93. The highest BCUT2D eigenvalue weighted by molar-refractivity contribution is 14.1. The minimum atomic E-state index is -0.397. The van der Waals surface area contributed by atoms with E-state index in [-0.39, 0.29) is 10.1 Å². The van der Waals surface area contributed by atoms with Crippen LogP contribution in [-0.2, 0) is 0 Å². The van der Waals surface area contributed by atoms with Gasteiger partial charge in [-0.25, -0.2) is 0 Å². The SMILES string of the molecule is O=C(NC(=S)Nc1ccc(Br)cc1I)c1ccc(Cl)cc1Cl. The highest BCUT2D eigenvalue weighted by atomic mass is 127. The Balaban J connectivity index is 2.06. The van der Waals surface area contributed by atoms with E-state index < -0.39 is 5.91 Å². The second-order valence-corrected chi connectivity index (χ2v) is 7.49. The lowest BCUT2D eigenvalue weighted by molar-refractivity contribution is 0.0978. The Kier molecular flexibility index (Phi) is 6.46. The predicted octanol–water partition coefficient (Wildman–Crippen LogP) is 5.49. The van der Waals surface area contributed by atoms with Crippen molar-refractivity contribution in [2.75, 3.05) is 5.32 Å². The fraction of sp³-hybridized carbons (Fsp3) is 0. The standard InChI is InChI=1S/C14H8BrCl2IN2OS/c15-7-1-4-12(11(18)5-7)19-14(22)20-13(21)9-3-2-8(16)6-10(9)17/h1-6H,(H2,19,20,21,22). The topological polar surface area (TPSA) is 41.1 Å². The summed E-state index contributed by atoms with van der Waals surface area (Å²) in [5.74, 6) is -0.397. The molecule has 2 rings (SSSR count). The molecule has 0 bridgehead atoms. The Morgan fingerprint density at radius 1 is 1.18 bits per heavy atom. The molecule has 2 aromatic carbocycles. The van der Waals surface area contributed by atoms with E-state index in [4.69, 9.17) is 35.4 Å². The van der Waals surface area contributed by atoms with Crippen LogP contribution in [0.4, 0.5) is 5.69 Å². The molecule has 0 spiro atoms. The van der Waals surface area contributed by atoms with Crippen molar-refractivity contribution < 1.29 is 4.79 Å². The van der Waals surface area contributed by atoms with Crippen molar-refractivity contribution in [2.45, 2.75) is 0 Å². The van der Waals surface area contributed by atoms with Crippen molar-refractivity contribution in [3.63, 3.8) is 0 Å². The van der Waals surface area contributed by atoms with Gasteiger partial charge in [-0.1, -0.05) is 39.1 Å². The molecule has 0 aliphatic rings. The molecule has 1 amide bonds. The zero-order valence-corrected chi connectivity index (χ0v) is 16.9. The molecule has 8 heteroatoms. The molecule has 2 aromatic rings. The number of nitrogens with one attached hydrogen (secondary N) is 2. The van der Waals surface area contributed by atoms with Crippen molar-refractivity contribution >= 4 is 90.6 Å². The van der Waals surface area contributed by atoms with Crippen LogP contribution in [0.15, 0.2) is 40.9 Å². The van der Waals surface area contributed by atoms with Gasteiger partial charge in [0.05, 0.1) is 16.3 Å². The van der Waals surface area contributed by atoms with Crippen LogP contribution in [-0.4, -0.2) is 11.0 Å². The van der Waals surface area contributed by atoms with Crippen molar-refractivity contribution in [3.8, 4) is 0 Å². The molecule has 0 saturated carbocycles. The van der Waals surface area contributed by atoms with Gasteiger partial charge in [0.15, 0.2) is 5.11 Å². The van der Waals surface area contributed by atoms with E-state index in [1.807, 2.05) is 18.2 Å². The van der Waals surface area contributed by atoms with Crippen LogP contribution in [0.5, 0.6) is 0 Å². The Labute approximate surface area is 165 Å². The van der Waals surface area contributed by atoms with Crippen LogP contribution in [0.3, 0.4) is 0 Å². The molecular formula is C14H8BrCl2IN2OS. The van der Waals surface area contributed by atoms with E-state index in [0.29, 0.717) is 10.6 Å². The number of carbonyl (C=O) groups excluding carboxylic acids is 1. The molecule has 2 N–H and O–H groups in total. The summed E-state index contributed by atoms with van der Waals surface area (Å²) >= 11 is 22.5. The molecule has 0 radical (unpaired) electrons. The summed E-state index contributed by atoms with van der Waals surface area (Å²) < 4.78 is 1.93. The number of benzene rings is 2. The van der Waals surface area contributed by atoms with Gasteiger partial charge in [0.2, 0.25) is 0 Å². The molecule has 3 nitrogen and oxygen atoms in total. The third-order valence-electron chi connectivity index (χ3n) is 2.58. The van der Waals surface area contributed by atoms with Gasteiger partial charge in [-0.2, -0.15) is 0 Å². The number of rotatable bonds is 2. The molecule has 0 aliphatic heterocycles. The lowest BCUT2D eigenvalue weighted by atomic mass is 10.2. The summed E-state index contributed by atoms with van der Waals surface area (Å²) in [6.07, 6.45) is 0. The van der Waals surface area contributed by atoms with E-state index in [2.05, 4.69) is 49.2 Å². The summed E-state index contributed by atoms with van der Waals surface area (Å²) in [5, 5.41) is 6.48. The van der Waals surface area contributed by atoms with E-state index in [0.717, 1.165) is 13.7 Å². The van der Waals surface area contributed by atoms with Gasteiger partial charge in [0, 0.05) is 13.1 Å². The van der Waals surface area contributed by atoms with Crippen LogP contribution >= 0.6 is 73.9 Å². The Morgan fingerprint density at radius 2 is 1.91 bits per heavy atom. The predicted molar refractivity (Wildman–Crippen MR) is 107 cm³/mol. The van der Waals surface area contributed by atoms with Crippen molar-refractivity contribution in [1.29, 1.82) is 0 Å². The molecule has 0 fully saturated rings. The van der Waals surface area contributed by atoms with Gasteiger partial charge in [-0.05, 0) is 71.2 Å². The average molecular weight is 530 g/mol. The summed E-state index contributed by atoms with van der Waals surface area (Å²) in [4.78, 5) is 12.1. The quantitative estimate of drug-likeness (QED) is 0.399. The second kappa shape index (κ2) is 7.92. The monoisotopic (exact) mass is 528 g/mol. The first kappa shape index (κ1) is 17.9. The van der Waals surface area contributed by atoms with Crippen LogP contribution in [0.2, 0.25) is 10.0 Å². The molecule has 0 heterocycles. The fourth-order valence-electron chi connectivity index (χ4n) is 1.59. The number of thiocarbonyl (C=S) groups is 1. The van der Waals surface area contributed by atoms with E-state index in [9.17, 15) is 4.79 Å². The minimum Gasteiger partial charge on any atom is -0.332 e. The number of halogens is 4. The lowest BCUT2D eigenvalue weighted by Gasteiger charge is -2.12. The number of hydrogen-bond acceptors (Lipinski definition) is 2. The molecule has 22 heavy (non-hydrogen) atoms. The first-order valence-electron chi connectivity index (χ1n) is 5.89. The van der Waals surface area contributed by atoms with Gasteiger partial charge >= 0.3 is 0 Å². The van der Waals surface area contributed by atoms with E-state index in [1.54, 1.807) is 12.1 Å².